The molecule has 0 aliphatic carbocycles. The van der Waals surface area contributed by atoms with Crippen molar-refractivity contribution < 1.29 is 14.1 Å². The third-order valence-corrected chi connectivity index (χ3v) is 4.33. The second-order valence-electron chi connectivity index (χ2n) is 6.31. The Labute approximate surface area is 140 Å². The SMILES string of the molecule is Cc1cc(C(=O)Nc2ccccc2C(=O)N2CCC(C)CC2)on1. The van der Waals surface area contributed by atoms with Gasteiger partial charge in [0.15, 0.2) is 0 Å². The van der Waals surface area contributed by atoms with Gasteiger partial charge in [0.2, 0.25) is 5.76 Å². The van der Waals surface area contributed by atoms with E-state index in [4.69, 9.17) is 4.52 Å². The Hall–Kier alpha value is -2.63. The van der Waals surface area contributed by atoms with E-state index in [1.807, 2.05) is 4.90 Å². The summed E-state index contributed by atoms with van der Waals surface area (Å²) in [6, 6.07) is 8.61. The van der Waals surface area contributed by atoms with Crippen LogP contribution in [0.2, 0.25) is 0 Å². The highest BCUT2D eigenvalue weighted by Gasteiger charge is 2.24. The fourth-order valence-electron chi connectivity index (χ4n) is 2.82. The van der Waals surface area contributed by atoms with Gasteiger partial charge in [0.1, 0.15) is 0 Å². The summed E-state index contributed by atoms with van der Waals surface area (Å²) in [6.45, 7) is 5.46. The van der Waals surface area contributed by atoms with Crippen molar-refractivity contribution >= 4 is 17.5 Å². The molecule has 3 rings (SSSR count). The number of hydrogen-bond donors (Lipinski definition) is 1. The van der Waals surface area contributed by atoms with Gasteiger partial charge >= 0.3 is 0 Å². The van der Waals surface area contributed by atoms with Crippen molar-refractivity contribution in [2.75, 3.05) is 18.4 Å². The highest BCUT2D eigenvalue weighted by Crippen LogP contribution is 2.22. The molecule has 0 saturated carbocycles. The Bertz CT molecular complexity index is 745. The summed E-state index contributed by atoms with van der Waals surface area (Å²) in [6.07, 6.45) is 2.02. The number of likely N-dealkylation sites (tertiary alicyclic amines) is 1. The number of benzene rings is 1. The summed E-state index contributed by atoms with van der Waals surface area (Å²) in [4.78, 5) is 26.9. The van der Waals surface area contributed by atoms with Gasteiger partial charge in [0, 0.05) is 19.2 Å². The van der Waals surface area contributed by atoms with Crippen molar-refractivity contribution in [1.29, 1.82) is 0 Å². The molecule has 2 aromatic rings. The average Bonchev–Trinajstić information content (AvgIpc) is 3.02. The maximum atomic E-state index is 12.8. The van der Waals surface area contributed by atoms with E-state index in [1.165, 1.54) is 0 Å². The second-order valence-corrected chi connectivity index (χ2v) is 6.31. The minimum atomic E-state index is -0.414. The lowest BCUT2D eigenvalue weighted by atomic mass is 9.98. The lowest BCUT2D eigenvalue weighted by Gasteiger charge is -2.30. The Morgan fingerprint density at radius 3 is 2.62 bits per heavy atom. The van der Waals surface area contributed by atoms with Crippen molar-refractivity contribution in [2.24, 2.45) is 5.92 Å². The number of rotatable bonds is 3. The Morgan fingerprint density at radius 1 is 1.25 bits per heavy atom. The molecule has 0 radical (unpaired) electrons. The molecule has 1 saturated heterocycles. The standard InChI is InChI=1S/C18H21N3O3/c1-12-7-9-21(10-8-12)18(23)14-5-3-4-6-15(14)19-17(22)16-11-13(2)20-24-16/h3-6,11-12H,7-10H2,1-2H3,(H,19,22). The van der Waals surface area contributed by atoms with Crippen molar-refractivity contribution in [3.63, 3.8) is 0 Å². The number of carbonyl (C=O) groups excluding carboxylic acids is 2. The third kappa shape index (κ3) is 3.48. The van der Waals surface area contributed by atoms with Crippen molar-refractivity contribution in [3.8, 4) is 0 Å². The van der Waals surface area contributed by atoms with Crippen molar-refractivity contribution in [1.82, 2.24) is 10.1 Å². The normalized spacial score (nSPS) is 15.3. The first kappa shape index (κ1) is 16.2. The summed E-state index contributed by atoms with van der Waals surface area (Å²) >= 11 is 0. The number of para-hydroxylation sites is 1. The molecule has 0 spiro atoms. The van der Waals surface area contributed by atoms with Crippen LogP contribution in [0.1, 0.15) is 46.4 Å². The van der Waals surface area contributed by atoms with Gasteiger partial charge < -0.3 is 14.7 Å². The van der Waals surface area contributed by atoms with E-state index >= 15 is 0 Å². The van der Waals surface area contributed by atoms with Crippen LogP contribution in [-0.2, 0) is 0 Å². The van der Waals surface area contributed by atoms with Crippen molar-refractivity contribution in [2.45, 2.75) is 26.7 Å². The largest absolute Gasteiger partial charge is 0.351 e. The predicted octanol–water partition coefficient (Wildman–Crippen LogP) is 3.11. The van der Waals surface area contributed by atoms with Crippen LogP contribution in [0.25, 0.3) is 0 Å². The van der Waals surface area contributed by atoms with E-state index in [-0.39, 0.29) is 11.7 Å². The van der Waals surface area contributed by atoms with Gasteiger partial charge in [-0.15, -0.1) is 0 Å². The maximum absolute atomic E-state index is 12.8. The first-order valence-corrected chi connectivity index (χ1v) is 8.17. The molecule has 126 valence electrons. The number of aryl methyl sites for hydroxylation is 1. The first-order valence-electron chi connectivity index (χ1n) is 8.17. The van der Waals surface area contributed by atoms with E-state index < -0.39 is 5.91 Å². The third-order valence-electron chi connectivity index (χ3n) is 4.33. The van der Waals surface area contributed by atoms with Gasteiger partial charge in [-0.3, -0.25) is 9.59 Å². The summed E-state index contributed by atoms with van der Waals surface area (Å²) in [5.74, 6) is 0.315. The van der Waals surface area contributed by atoms with E-state index in [0.29, 0.717) is 22.9 Å². The number of amides is 2. The number of nitrogens with zero attached hydrogens (tertiary/aromatic N) is 2. The molecule has 0 bridgehead atoms. The molecule has 0 unspecified atom stereocenters. The fraction of sp³-hybridized carbons (Fsp3) is 0.389. The molecule has 2 amide bonds. The molecule has 1 aliphatic heterocycles. The average molecular weight is 327 g/mol. The molecule has 2 heterocycles. The summed E-state index contributed by atoms with van der Waals surface area (Å²) in [5, 5.41) is 6.46. The zero-order valence-corrected chi connectivity index (χ0v) is 13.9. The van der Waals surface area contributed by atoms with Crippen LogP contribution >= 0.6 is 0 Å². The fourth-order valence-corrected chi connectivity index (χ4v) is 2.82. The number of nitrogens with one attached hydrogen (secondary N) is 1. The van der Waals surface area contributed by atoms with Gasteiger partial charge in [-0.05, 0) is 37.8 Å². The first-order chi connectivity index (χ1) is 11.5. The summed E-state index contributed by atoms with van der Waals surface area (Å²) < 4.78 is 4.97. The molecule has 1 N–H and O–H groups in total. The lowest BCUT2D eigenvalue weighted by Crippen LogP contribution is -2.38. The van der Waals surface area contributed by atoms with Crippen LogP contribution in [0.15, 0.2) is 34.9 Å². The second kappa shape index (κ2) is 6.86. The highest BCUT2D eigenvalue weighted by molar-refractivity contribution is 6.07. The topological polar surface area (TPSA) is 75.4 Å². The van der Waals surface area contributed by atoms with Gasteiger partial charge in [0.25, 0.3) is 11.8 Å². The molecule has 1 aromatic carbocycles. The van der Waals surface area contributed by atoms with Crippen molar-refractivity contribution in [3.05, 3.63) is 47.3 Å². The van der Waals surface area contributed by atoms with Gasteiger partial charge in [-0.2, -0.15) is 0 Å². The molecule has 24 heavy (non-hydrogen) atoms. The van der Waals surface area contributed by atoms with Crippen LogP contribution in [-0.4, -0.2) is 35.0 Å². The molecule has 6 heteroatoms. The number of carbonyl (C=O) groups is 2. The summed E-state index contributed by atoms with van der Waals surface area (Å²) in [7, 11) is 0. The number of anilines is 1. The molecular formula is C18H21N3O3. The van der Waals surface area contributed by atoms with Crippen LogP contribution in [0, 0.1) is 12.8 Å². The molecule has 1 fully saturated rings. The van der Waals surface area contributed by atoms with Crippen LogP contribution in [0.3, 0.4) is 0 Å². The Balaban J connectivity index is 1.77. The molecule has 0 atom stereocenters. The van der Waals surface area contributed by atoms with Crippen LogP contribution < -0.4 is 5.32 Å². The van der Waals surface area contributed by atoms with Gasteiger partial charge in [-0.25, -0.2) is 0 Å². The van der Waals surface area contributed by atoms with Gasteiger partial charge in [0.05, 0.1) is 16.9 Å². The summed E-state index contributed by atoms with van der Waals surface area (Å²) in [5.41, 5.74) is 1.61. The molecule has 1 aliphatic rings. The van der Waals surface area contributed by atoms with Gasteiger partial charge in [-0.1, -0.05) is 24.2 Å². The van der Waals surface area contributed by atoms with E-state index in [9.17, 15) is 9.59 Å². The monoisotopic (exact) mass is 327 g/mol. The molecular weight excluding hydrogens is 306 g/mol. The lowest BCUT2D eigenvalue weighted by molar-refractivity contribution is 0.0698. The van der Waals surface area contributed by atoms with Crippen LogP contribution in [0.5, 0.6) is 0 Å². The number of hydrogen-bond acceptors (Lipinski definition) is 4. The molecule has 1 aromatic heterocycles. The quantitative estimate of drug-likeness (QED) is 0.940. The Kier molecular flexibility index (Phi) is 4.64. The van der Waals surface area contributed by atoms with E-state index in [1.54, 1.807) is 37.3 Å². The van der Waals surface area contributed by atoms with Crippen LogP contribution in [0.4, 0.5) is 5.69 Å². The minimum Gasteiger partial charge on any atom is -0.351 e. The number of aromatic nitrogens is 1. The zero-order chi connectivity index (χ0) is 17.1. The number of piperidine rings is 1. The minimum absolute atomic E-state index is 0.0495. The maximum Gasteiger partial charge on any atom is 0.294 e. The predicted molar refractivity (Wildman–Crippen MR) is 89.9 cm³/mol. The highest BCUT2D eigenvalue weighted by atomic mass is 16.5. The molecule has 6 nitrogen and oxygen atoms in total. The van der Waals surface area contributed by atoms with E-state index in [2.05, 4.69) is 17.4 Å². The van der Waals surface area contributed by atoms with E-state index in [0.717, 1.165) is 25.9 Å². The smallest absolute Gasteiger partial charge is 0.294 e. The Morgan fingerprint density at radius 2 is 1.96 bits per heavy atom. The zero-order valence-electron chi connectivity index (χ0n) is 13.9.